The number of hydrogen-bond donors (Lipinski definition) is 0. The highest BCUT2D eigenvalue weighted by Gasteiger charge is 1.90. The van der Waals surface area contributed by atoms with Gasteiger partial charge in [0, 0.05) is 0 Å². The van der Waals surface area contributed by atoms with Gasteiger partial charge in [0.05, 0.1) is 6.61 Å². The standard InChI is InChI=1S/C10H14O.C8H10.C2H6/c1-3-9-5-7-10(8-6-9)11-4-2;1-7-5-3-4-6-8(7)2;1-2/h5-8H,3-4H2,1-2H3;3-6H,1-2H3;1-2H3. The molecule has 0 saturated heterocycles. The quantitative estimate of drug-likeness (QED) is 0.674. The van der Waals surface area contributed by atoms with Crippen molar-refractivity contribution in [2.75, 3.05) is 6.61 Å². The van der Waals surface area contributed by atoms with Crippen molar-refractivity contribution < 1.29 is 4.74 Å². The van der Waals surface area contributed by atoms with Crippen LogP contribution in [0.25, 0.3) is 0 Å². The molecule has 21 heavy (non-hydrogen) atoms. The van der Waals surface area contributed by atoms with E-state index in [1.54, 1.807) is 0 Å². The van der Waals surface area contributed by atoms with Crippen molar-refractivity contribution in [3.8, 4) is 5.75 Å². The van der Waals surface area contributed by atoms with E-state index >= 15 is 0 Å². The Morgan fingerprint density at radius 3 is 1.57 bits per heavy atom. The van der Waals surface area contributed by atoms with Crippen molar-refractivity contribution in [2.45, 2.75) is 48.0 Å². The van der Waals surface area contributed by atoms with Gasteiger partial charge >= 0.3 is 0 Å². The molecule has 0 amide bonds. The van der Waals surface area contributed by atoms with E-state index in [1.165, 1.54) is 16.7 Å². The highest BCUT2D eigenvalue weighted by Crippen LogP contribution is 2.11. The van der Waals surface area contributed by atoms with Crippen LogP contribution in [0, 0.1) is 13.8 Å². The van der Waals surface area contributed by atoms with Crippen LogP contribution in [-0.2, 0) is 6.42 Å². The Bertz CT molecular complexity index is 450. The number of benzene rings is 2. The molecule has 0 aliphatic heterocycles. The van der Waals surface area contributed by atoms with Gasteiger partial charge in [-0.15, -0.1) is 0 Å². The first-order valence-corrected chi connectivity index (χ1v) is 7.91. The summed E-state index contributed by atoms with van der Waals surface area (Å²) in [5.74, 6) is 0.963. The average Bonchev–Trinajstić information content (AvgIpc) is 2.54. The second kappa shape index (κ2) is 12.0. The summed E-state index contributed by atoms with van der Waals surface area (Å²) < 4.78 is 5.31. The number of aryl methyl sites for hydroxylation is 3. The van der Waals surface area contributed by atoms with E-state index in [1.807, 2.05) is 32.9 Å². The molecule has 0 fully saturated rings. The van der Waals surface area contributed by atoms with Crippen LogP contribution in [-0.4, -0.2) is 6.61 Å². The first-order chi connectivity index (χ1) is 10.2. The smallest absolute Gasteiger partial charge is 0.119 e. The second-order valence-electron chi connectivity index (χ2n) is 4.51. The predicted octanol–water partition coefficient (Wildman–Crippen LogP) is 5.98. The van der Waals surface area contributed by atoms with Gasteiger partial charge in [0.15, 0.2) is 0 Å². The van der Waals surface area contributed by atoms with Crippen LogP contribution in [0.2, 0.25) is 0 Å². The van der Waals surface area contributed by atoms with Crippen LogP contribution in [0.1, 0.15) is 44.4 Å². The third-order valence-electron chi connectivity index (χ3n) is 3.07. The number of rotatable bonds is 3. The van der Waals surface area contributed by atoms with Gasteiger partial charge in [-0.25, -0.2) is 0 Å². The van der Waals surface area contributed by atoms with Crippen LogP contribution < -0.4 is 4.74 Å². The SMILES string of the molecule is CC.CCOc1ccc(CC)cc1.Cc1ccccc1C. The minimum Gasteiger partial charge on any atom is -0.494 e. The van der Waals surface area contributed by atoms with Gasteiger partial charge < -0.3 is 4.74 Å². The van der Waals surface area contributed by atoms with Gasteiger partial charge in [-0.3, -0.25) is 0 Å². The van der Waals surface area contributed by atoms with Crippen molar-refractivity contribution in [2.24, 2.45) is 0 Å². The number of hydrogen-bond acceptors (Lipinski definition) is 1. The lowest BCUT2D eigenvalue weighted by molar-refractivity contribution is 0.340. The van der Waals surface area contributed by atoms with Crippen molar-refractivity contribution in [3.63, 3.8) is 0 Å². The van der Waals surface area contributed by atoms with Gasteiger partial charge in [0.2, 0.25) is 0 Å². The summed E-state index contributed by atoms with van der Waals surface area (Å²) in [4.78, 5) is 0. The van der Waals surface area contributed by atoms with Gasteiger partial charge in [0.1, 0.15) is 5.75 Å². The molecule has 0 radical (unpaired) electrons. The number of ether oxygens (including phenoxy) is 1. The van der Waals surface area contributed by atoms with Crippen molar-refractivity contribution in [1.29, 1.82) is 0 Å². The van der Waals surface area contributed by atoms with Gasteiger partial charge in [-0.1, -0.05) is 57.2 Å². The highest BCUT2D eigenvalue weighted by molar-refractivity contribution is 5.27. The molecule has 1 nitrogen and oxygen atoms in total. The molecule has 2 aromatic carbocycles. The summed E-state index contributed by atoms with van der Waals surface area (Å²) in [6, 6.07) is 16.6. The maximum atomic E-state index is 5.31. The molecule has 0 saturated carbocycles. The predicted molar refractivity (Wildman–Crippen MR) is 94.3 cm³/mol. The Kier molecular flexibility index (Phi) is 11.0. The second-order valence-corrected chi connectivity index (χ2v) is 4.51. The molecular formula is C20H30O. The first-order valence-electron chi connectivity index (χ1n) is 7.91. The normalized spacial score (nSPS) is 8.86. The molecular weight excluding hydrogens is 256 g/mol. The summed E-state index contributed by atoms with van der Waals surface area (Å²) >= 11 is 0. The van der Waals surface area contributed by atoms with Crippen LogP contribution >= 0.6 is 0 Å². The lowest BCUT2D eigenvalue weighted by Gasteiger charge is -2.02. The van der Waals surface area contributed by atoms with Crippen LogP contribution in [0.15, 0.2) is 48.5 Å². The molecule has 2 rings (SSSR count). The van der Waals surface area contributed by atoms with Crippen LogP contribution in [0.5, 0.6) is 5.75 Å². The zero-order valence-corrected chi connectivity index (χ0v) is 14.4. The van der Waals surface area contributed by atoms with Crippen LogP contribution in [0.4, 0.5) is 0 Å². The lowest BCUT2D eigenvalue weighted by atomic mass is 10.1. The molecule has 0 aliphatic rings. The molecule has 0 unspecified atom stereocenters. The summed E-state index contributed by atoms with van der Waals surface area (Å²) in [5, 5.41) is 0. The summed E-state index contributed by atoms with van der Waals surface area (Å²) in [5.41, 5.74) is 4.09. The molecule has 0 N–H and O–H groups in total. The average molecular weight is 286 g/mol. The fraction of sp³-hybridized carbons (Fsp3) is 0.400. The minimum absolute atomic E-state index is 0.742. The Hall–Kier alpha value is -1.76. The van der Waals surface area contributed by atoms with E-state index < -0.39 is 0 Å². The largest absolute Gasteiger partial charge is 0.494 e. The van der Waals surface area contributed by atoms with Crippen LogP contribution in [0.3, 0.4) is 0 Å². The Morgan fingerprint density at radius 1 is 0.762 bits per heavy atom. The zero-order valence-electron chi connectivity index (χ0n) is 14.4. The van der Waals surface area contributed by atoms with Gasteiger partial charge in [-0.05, 0) is 56.0 Å². The van der Waals surface area contributed by atoms with Crippen molar-refractivity contribution in [3.05, 3.63) is 65.2 Å². The maximum Gasteiger partial charge on any atom is 0.119 e. The van der Waals surface area contributed by atoms with E-state index in [0.717, 1.165) is 18.8 Å². The van der Waals surface area contributed by atoms with Gasteiger partial charge in [-0.2, -0.15) is 0 Å². The molecule has 0 aromatic heterocycles. The summed E-state index contributed by atoms with van der Waals surface area (Å²) in [6.45, 7) is 13.1. The molecule has 0 spiro atoms. The minimum atomic E-state index is 0.742. The molecule has 0 aliphatic carbocycles. The van der Waals surface area contributed by atoms with Gasteiger partial charge in [0.25, 0.3) is 0 Å². The molecule has 1 heteroatoms. The zero-order chi connectivity index (χ0) is 16.1. The Morgan fingerprint density at radius 2 is 1.24 bits per heavy atom. The monoisotopic (exact) mass is 286 g/mol. The first kappa shape index (κ1) is 19.2. The summed E-state index contributed by atoms with van der Waals surface area (Å²) in [6.07, 6.45) is 1.09. The lowest BCUT2D eigenvalue weighted by Crippen LogP contribution is -1.90. The third-order valence-corrected chi connectivity index (χ3v) is 3.07. The molecule has 116 valence electrons. The fourth-order valence-electron chi connectivity index (χ4n) is 1.65. The molecule has 2 aromatic rings. The fourth-order valence-corrected chi connectivity index (χ4v) is 1.65. The molecule has 0 heterocycles. The van der Waals surface area contributed by atoms with Crippen molar-refractivity contribution >= 4 is 0 Å². The molecule has 0 bridgehead atoms. The maximum absolute atomic E-state index is 5.31. The van der Waals surface area contributed by atoms with Crippen molar-refractivity contribution in [1.82, 2.24) is 0 Å². The Balaban J connectivity index is 0.000000354. The third kappa shape index (κ3) is 8.19. The topological polar surface area (TPSA) is 9.23 Å². The Labute approximate surface area is 131 Å². The van der Waals surface area contributed by atoms with E-state index in [9.17, 15) is 0 Å². The van der Waals surface area contributed by atoms with E-state index in [2.05, 4.69) is 57.2 Å². The molecule has 0 atom stereocenters. The van der Waals surface area contributed by atoms with E-state index in [-0.39, 0.29) is 0 Å². The summed E-state index contributed by atoms with van der Waals surface area (Å²) in [7, 11) is 0. The van der Waals surface area contributed by atoms with E-state index in [4.69, 9.17) is 4.74 Å². The van der Waals surface area contributed by atoms with E-state index in [0.29, 0.717) is 0 Å². The highest BCUT2D eigenvalue weighted by atomic mass is 16.5.